The highest BCUT2D eigenvalue weighted by molar-refractivity contribution is 6.20. The molecule has 0 fully saturated rings. The number of hydrogen-bond donors (Lipinski definition) is 2. The molecule has 0 spiro atoms. The van der Waals surface area contributed by atoms with Gasteiger partial charge in [0.15, 0.2) is 0 Å². The van der Waals surface area contributed by atoms with Crippen LogP contribution in [-0.4, -0.2) is 13.1 Å². The van der Waals surface area contributed by atoms with Gasteiger partial charge in [0.2, 0.25) is 0 Å². The van der Waals surface area contributed by atoms with E-state index in [9.17, 15) is 0 Å². The van der Waals surface area contributed by atoms with E-state index in [0.29, 0.717) is 0 Å². The van der Waals surface area contributed by atoms with Crippen LogP contribution in [0.4, 0.5) is 11.4 Å². The lowest BCUT2D eigenvalue weighted by Crippen LogP contribution is -2.15. The lowest BCUT2D eigenvalue weighted by atomic mass is 9.87. The summed E-state index contributed by atoms with van der Waals surface area (Å²) in [5, 5.41) is 12.6. The van der Waals surface area contributed by atoms with E-state index in [4.69, 9.17) is 0 Å². The van der Waals surface area contributed by atoms with E-state index < -0.39 is 0 Å². The van der Waals surface area contributed by atoms with Crippen molar-refractivity contribution in [2.75, 3.05) is 23.7 Å². The van der Waals surface area contributed by atoms with Crippen LogP contribution in [0.1, 0.15) is 16.7 Å². The van der Waals surface area contributed by atoms with Gasteiger partial charge in [-0.3, -0.25) is 0 Å². The number of rotatable bonds is 4. The van der Waals surface area contributed by atoms with Gasteiger partial charge in [-0.2, -0.15) is 0 Å². The SMILES string of the molecule is C1=Cc2ccc3c(c2NC1)NCC(c1cccc(-c2cc(-c4ccc5c6c(cccc46)-c4ccccc4-5)cc(-c4ccc5c6c(cccc46)-c4ccccc4-5)c2)c1)=C3. The van der Waals surface area contributed by atoms with Crippen molar-refractivity contribution in [3.05, 3.63) is 187 Å². The van der Waals surface area contributed by atoms with Gasteiger partial charge in [-0.25, -0.2) is 0 Å². The summed E-state index contributed by atoms with van der Waals surface area (Å²) in [6, 6.07) is 61.6. The van der Waals surface area contributed by atoms with Gasteiger partial charge in [0.05, 0.1) is 11.4 Å². The van der Waals surface area contributed by atoms with E-state index in [0.717, 1.165) is 13.1 Å². The third-order valence-electron chi connectivity index (χ3n) is 13.0. The first-order valence-electron chi connectivity index (χ1n) is 20.3. The standard InChI is InChI=1S/C56H36N2/c1-3-14-45-43(12-1)49-18-6-16-47-41(22-24-51(45)53(47)49)38-29-37(30-39(31-38)42-23-25-52-46-15-4-2-13-44(46)50-19-7-17-48(42)54(50)52)34-9-5-10-35(27-34)40-28-36-21-20-33-11-8-26-57-55(33)56(36)58-32-40/h1-25,27-31,57-58H,26,32H2. The highest BCUT2D eigenvalue weighted by Crippen LogP contribution is 2.52. The average molecular weight is 737 g/mol. The summed E-state index contributed by atoms with van der Waals surface area (Å²) in [5.41, 5.74) is 25.3. The zero-order valence-corrected chi connectivity index (χ0v) is 31.7. The first-order valence-corrected chi connectivity index (χ1v) is 20.3. The fourth-order valence-electron chi connectivity index (χ4n) is 10.4. The maximum Gasteiger partial charge on any atom is 0.0658 e. The Balaban J connectivity index is 1.00. The second-order valence-corrected chi connectivity index (χ2v) is 16.0. The van der Waals surface area contributed by atoms with Crippen molar-refractivity contribution >= 4 is 50.6 Å². The molecule has 0 radical (unpaired) electrons. The van der Waals surface area contributed by atoms with E-state index in [2.05, 4.69) is 193 Å². The fourth-order valence-corrected chi connectivity index (χ4v) is 10.4. The molecular weight excluding hydrogens is 701 g/mol. The Hall–Kier alpha value is -7.42. The summed E-state index contributed by atoms with van der Waals surface area (Å²) in [6.07, 6.45) is 6.76. The van der Waals surface area contributed by atoms with E-state index in [1.807, 2.05) is 0 Å². The molecule has 9 aromatic rings. The van der Waals surface area contributed by atoms with E-state index in [1.54, 1.807) is 0 Å². The molecule has 0 saturated carbocycles. The molecule has 0 saturated heterocycles. The molecule has 0 aromatic heterocycles. The molecule has 9 aromatic carbocycles. The molecule has 58 heavy (non-hydrogen) atoms. The van der Waals surface area contributed by atoms with Gasteiger partial charge in [-0.1, -0.05) is 152 Å². The molecule has 2 N–H and O–H groups in total. The minimum Gasteiger partial charge on any atom is -0.379 e. The van der Waals surface area contributed by atoms with Gasteiger partial charge in [0.25, 0.3) is 0 Å². The normalized spacial score (nSPS) is 13.7. The molecule has 270 valence electrons. The highest BCUT2D eigenvalue weighted by atomic mass is 15.0. The molecule has 2 heterocycles. The first kappa shape index (κ1) is 31.7. The summed E-state index contributed by atoms with van der Waals surface area (Å²) in [7, 11) is 0. The lowest BCUT2D eigenvalue weighted by Gasteiger charge is -2.25. The molecular formula is C56H36N2. The zero-order chi connectivity index (χ0) is 37.9. The average Bonchev–Trinajstić information content (AvgIpc) is 3.80. The monoisotopic (exact) mass is 736 g/mol. The third-order valence-corrected chi connectivity index (χ3v) is 13.0. The van der Waals surface area contributed by atoms with Crippen molar-refractivity contribution in [3.8, 4) is 77.9 Å². The van der Waals surface area contributed by atoms with Gasteiger partial charge < -0.3 is 10.6 Å². The molecule has 0 atom stereocenters. The molecule has 0 amide bonds. The predicted molar refractivity (Wildman–Crippen MR) is 247 cm³/mol. The highest BCUT2D eigenvalue weighted by Gasteiger charge is 2.25. The molecule has 0 bridgehead atoms. The van der Waals surface area contributed by atoms with Crippen molar-refractivity contribution in [3.63, 3.8) is 0 Å². The Bertz CT molecular complexity index is 3130. The summed E-state index contributed by atoms with van der Waals surface area (Å²) in [5.74, 6) is 0. The van der Waals surface area contributed by atoms with Crippen LogP contribution in [-0.2, 0) is 0 Å². The van der Waals surface area contributed by atoms with Crippen LogP contribution >= 0.6 is 0 Å². The summed E-state index contributed by atoms with van der Waals surface area (Å²) in [4.78, 5) is 0. The van der Waals surface area contributed by atoms with Crippen LogP contribution < -0.4 is 10.6 Å². The van der Waals surface area contributed by atoms with Gasteiger partial charge >= 0.3 is 0 Å². The Morgan fingerprint density at radius 1 is 0.345 bits per heavy atom. The summed E-state index contributed by atoms with van der Waals surface area (Å²) >= 11 is 0. The number of hydrogen-bond acceptors (Lipinski definition) is 2. The Morgan fingerprint density at radius 2 is 0.828 bits per heavy atom. The Labute approximate surface area is 337 Å². The summed E-state index contributed by atoms with van der Waals surface area (Å²) in [6.45, 7) is 1.63. The van der Waals surface area contributed by atoms with Crippen molar-refractivity contribution in [2.45, 2.75) is 0 Å². The van der Waals surface area contributed by atoms with Crippen LogP contribution in [0.2, 0.25) is 0 Å². The Morgan fingerprint density at radius 3 is 1.47 bits per heavy atom. The van der Waals surface area contributed by atoms with Crippen molar-refractivity contribution in [1.29, 1.82) is 0 Å². The lowest BCUT2D eigenvalue weighted by molar-refractivity contribution is 1.26. The van der Waals surface area contributed by atoms with Crippen molar-refractivity contribution < 1.29 is 0 Å². The summed E-state index contributed by atoms with van der Waals surface area (Å²) < 4.78 is 0. The number of anilines is 2. The second kappa shape index (κ2) is 12.0. The van der Waals surface area contributed by atoms with E-state index >= 15 is 0 Å². The smallest absolute Gasteiger partial charge is 0.0658 e. The second-order valence-electron chi connectivity index (χ2n) is 16.0. The molecule has 13 rings (SSSR count). The van der Waals surface area contributed by atoms with Crippen LogP contribution in [0.3, 0.4) is 0 Å². The quantitative estimate of drug-likeness (QED) is 0.188. The largest absolute Gasteiger partial charge is 0.379 e. The van der Waals surface area contributed by atoms with Gasteiger partial charge in [0, 0.05) is 18.7 Å². The third kappa shape index (κ3) is 4.54. The van der Waals surface area contributed by atoms with Crippen LogP contribution in [0.15, 0.2) is 170 Å². The van der Waals surface area contributed by atoms with Crippen LogP contribution in [0.25, 0.3) is 117 Å². The van der Waals surface area contributed by atoms with Gasteiger partial charge in [0.1, 0.15) is 0 Å². The first-order chi connectivity index (χ1) is 28.7. The maximum absolute atomic E-state index is 3.77. The zero-order valence-electron chi connectivity index (χ0n) is 31.7. The minimum atomic E-state index is 0.774. The van der Waals surface area contributed by atoms with Crippen LogP contribution in [0.5, 0.6) is 0 Å². The molecule has 2 aliphatic heterocycles. The number of nitrogens with one attached hydrogen (secondary N) is 2. The Kier molecular flexibility index (Phi) is 6.59. The maximum atomic E-state index is 3.77. The van der Waals surface area contributed by atoms with E-state index in [-0.39, 0.29) is 0 Å². The fraction of sp³-hybridized carbons (Fsp3) is 0.0357. The molecule has 4 aliphatic rings. The topological polar surface area (TPSA) is 24.1 Å². The van der Waals surface area contributed by atoms with Crippen molar-refractivity contribution in [2.24, 2.45) is 0 Å². The van der Waals surface area contributed by atoms with Gasteiger partial charge in [-0.15, -0.1) is 0 Å². The van der Waals surface area contributed by atoms with E-state index in [1.165, 1.54) is 133 Å². The molecule has 2 heteroatoms. The van der Waals surface area contributed by atoms with Gasteiger partial charge in [-0.05, 0) is 146 Å². The van der Waals surface area contributed by atoms with Crippen molar-refractivity contribution in [1.82, 2.24) is 0 Å². The number of benzene rings is 9. The molecule has 2 aliphatic carbocycles. The predicted octanol–water partition coefficient (Wildman–Crippen LogP) is 14.7. The molecule has 2 nitrogen and oxygen atoms in total. The minimum absolute atomic E-state index is 0.774. The molecule has 0 unspecified atom stereocenters. The van der Waals surface area contributed by atoms with Crippen LogP contribution in [0, 0.1) is 0 Å². The number of fused-ring (bicyclic) bond motifs is 9.